The Morgan fingerprint density at radius 2 is 2.00 bits per heavy atom. The van der Waals surface area contributed by atoms with Crippen molar-refractivity contribution in [2.45, 2.75) is -0.565 Å². The lowest BCUT2D eigenvalue weighted by atomic mass is 10.9. The van der Waals surface area contributed by atoms with Crippen molar-refractivity contribution >= 4 is 79.1 Å². The number of alkyl halides is 3. The van der Waals surface area contributed by atoms with Crippen LogP contribution in [0.5, 0.6) is 0 Å². The minimum Gasteiger partial charge on any atom is -0.750 e. The summed E-state index contributed by atoms with van der Waals surface area (Å²) in [4.78, 5) is 0. The van der Waals surface area contributed by atoms with E-state index < -0.39 is 11.4 Å². The van der Waals surface area contributed by atoms with Crippen LogP contribution >= 0.6 is 67.8 Å². The molecule has 0 aliphatic carbocycles. The second-order valence-corrected chi connectivity index (χ2v) is 13.4. The third-order valence-electron chi connectivity index (χ3n) is 0.319. The van der Waals surface area contributed by atoms with E-state index in [0.717, 1.165) is 0 Å². The standard InChI is InChI=1S/C2H3I3O3S/c3-2(4,5)1-8-9(6)7/h1H2,(H,6,7)/p-1. The van der Waals surface area contributed by atoms with E-state index in [1.807, 2.05) is 0 Å². The fraction of sp³-hybridized carbons (Fsp3) is 1.00. The van der Waals surface area contributed by atoms with Gasteiger partial charge in [0.15, 0.2) is 0 Å². The monoisotopic (exact) mass is 487 g/mol. The first-order valence-electron chi connectivity index (χ1n) is 1.71. The summed E-state index contributed by atoms with van der Waals surface area (Å²) in [5.74, 6) is 0. The normalized spacial score (nSPS) is 15.6. The van der Waals surface area contributed by atoms with E-state index in [0.29, 0.717) is 0 Å². The third kappa shape index (κ3) is 10.3. The highest BCUT2D eigenvalue weighted by molar-refractivity contribution is 14.3. The van der Waals surface area contributed by atoms with Gasteiger partial charge in [-0.05, 0) is 0 Å². The van der Waals surface area contributed by atoms with Crippen molar-refractivity contribution in [3.63, 3.8) is 0 Å². The third-order valence-corrected chi connectivity index (χ3v) is 1.56. The molecule has 0 N–H and O–H groups in total. The van der Waals surface area contributed by atoms with E-state index in [2.05, 4.69) is 72.0 Å². The van der Waals surface area contributed by atoms with Crippen LogP contribution in [-0.2, 0) is 15.5 Å². The smallest absolute Gasteiger partial charge is 0.148 e. The fourth-order valence-electron chi connectivity index (χ4n) is 0.115. The summed E-state index contributed by atoms with van der Waals surface area (Å²) >= 11 is 3.88. The van der Waals surface area contributed by atoms with E-state index in [4.69, 9.17) is 0 Å². The Kier molecular flexibility index (Phi) is 6.26. The minimum absolute atomic E-state index is 0.173. The Balaban J connectivity index is 3.39. The van der Waals surface area contributed by atoms with Gasteiger partial charge in [-0.25, -0.2) is 4.21 Å². The van der Waals surface area contributed by atoms with E-state index in [9.17, 15) is 8.76 Å². The maximum atomic E-state index is 9.81. The number of hydrogen-bond acceptors (Lipinski definition) is 3. The van der Waals surface area contributed by atoms with E-state index >= 15 is 0 Å². The Morgan fingerprint density at radius 3 is 2.11 bits per heavy atom. The van der Waals surface area contributed by atoms with Gasteiger partial charge in [-0.15, -0.1) is 0 Å². The molecule has 0 fully saturated rings. The predicted octanol–water partition coefficient (Wildman–Crippen LogP) is 1.76. The largest absolute Gasteiger partial charge is 0.750 e. The van der Waals surface area contributed by atoms with Gasteiger partial charge in [-0.3, -0.25) is 4.18 Å². The van der Waals surface area contributed by atoms with Crippen molar-refractivity contribution in [1.29, 1.82) is 0 Å². The average Bonchev–Trinajstić information content (AvgIpc) is 1.59. The van der Waals surface area contributed by atoms with Gasteiger partial charge in [0, 0.05) is 0 Å². The first-order chi connectivity index (χ1) is 3.92. The van der Waals surface area contributed by atoms with E-state index in [1.165, 1.54) is 0 Å². The van der Waals surface area contributed by atoms with E-state index in [1.54, 1.807) is 0 Å². The maximum Gasteiger partial charge on any atom is 0.148 e. The van der Waals surface area contributed by atoms with Crippen LogP contribution in [0, 0.1) is 0 Å². The minimum atomic E-state index is -2.38. The van der Waals surface area contributed by atoms with Crippen molar-refractivity contribution in [1.82, 2.24) is 0 Å². The molecule has 0 saturated heterocycles. The van der Waals surface area contributed by atoms with Crippen molar-refractivity contribution in [2.75, 3.05) is 6.61 Å². The molecule has 0 aromatic heterocycles. The molecular weight excluding hydrogens is 485 g/mol. The van der Waals surface area contributed by atoms with Gasteiger partial charge in [-0.2, -0.15) is 0 Å². The molecule has 1 unspecified atom stereocenters. The van der Waals surface area contributed by atoms with Crippen LogP contribution in [0.4, 0.5) is 0 Å². The molecule has 0 heterocycles. The van der Waals surface area contributed by atoms with Crippen LogP contribution < -0.4 is 0 Å². The summed E-state index contributed by atoms with van der Waals surface area (Å²) in [6, 6.07) is 0. The molecular formula is C2H2I3O3S-. The lowest BCUT2D eigenvalue weighted by Crippen LogP contribution is -2.11. The summed E-state index contributed by atoms with van der Waals surface area (Å²) in [5.41, 5.74) is 0. The van der Waals surface area contributed by atoms with Crippen LogP contribution in [0.1, 0.15) is 0 Å². The van der Waals surface area contributed by atoms with E-state index in [-0.39, 0.29) is 6.04 Å². The van der Waals surface area contributed by atoms with Crippen LogP contribution in [0.3, 0.4) is 0 Å². The second kappa shape index (κ2) is 5.00. The molecule has 0 aromatic carbocycles. The number of halogens is 3. The molecule has 0 aromatic rings. The lowest BCUT2D eigenvalue weighted by molar-refractivity contribution is 0.318. The zero-order chi connectivity index (χ0) is 7.49. The molecule has 9 heavy (non-hydrogen) atoms. The van der Waals surface area contributed by atoms with Gasteiger partial charge in [0.05, 0.1) is 18.0 Å². The second-order valence-electron chi connectivity index (χ2n) is 1.08. The maximum absolute atomic E-state index is 9.81. The Hall–Kier alpha value is 2.26. The SMILES string of the molecule is O=S([O-])OCC(I)(I)I. The Labute approximate surface area is 96.6 Å². The first kappa shape index (κ1) is 11.3. The Bertz CT molecular complexity index is 110. The van der Waals surface area contributed by atoms with Gasteiger partial charge < -0.3 is 4.55 Å². The molecule has 3 nitrogen and oxygen atoms in total. The van der Waals surface area contributed by atoms with Gasteiger partial charge in [0.2, 0.25) is 0 Å². The summed E-state index contributed by atoms with van der Waals surface area (Å²) in [7, 11) is 0. The molecule has 0 spiro atoms. The number of rotatable bonds is 3. The molecule has 7 heteroatoms. The molecule has 0 rings (SSSR count). The van der Waals surface area contributed by atoms with Crippen LogP contribution in [0.15, 0.2) is 0 Å². The zero-order valence-corrected chi connectivity index (χ0v) is 11.3. The molecule has 0 saturated carbocycles. The summed E-state index contributed by atoms with van der Waals surface area (Å²) in [6.45, 7) is 0.199. The van der Waals surface area contributed by atoms with Gasteiger partial charge in [0.25, 0.3) is 0 Å². The quantitative estimate of drug-likeness (QED) is 0.347. The number of hydrogen-bond donors (Lipinski definition) is 0. The fourth-order valence-corrected chi connectivity index (χ4v) is 1.49. The van der Waals surface area contributed by atoms with Crippen LogP contribution in [-0.4, -0.2) is 14.8 Å². The van der Waals surface area contributed by atoms with Gasteiger partial charge in [-0.1, -0.05) is 67.8 Å². The molecule has 0 bridgehead atoms. The summed E-state index contributed by atoms with van der Waals surface area (Å²) in [6.07, 6.45) is 0. The van der Waals surface area contributed by atoms with Crippen LogP contribution in [0.25, 0.3) is 0 Å². The van der Waals surface area contributed by atoms with Crippen LogP contribution in [0.2, 0.25) is 0 Å². The van der Waals surface area contributed by atoms with Crippen molar-refractivity contribution in [2.24, 2.45) is 0 Å². The zero-order valence-electron chi connectivity index (χ0n) is 3.97. The molecule has 0 amide bonds. The molecule has 0 aliphatic rings. The first-order valence-corrected chi connectivity index (χ1v) is 5.95. The summed E-state index contributed by atoms with van der Waals surface area (Å²) < 4.78 is 23.8. The van der Waals surface area contributed by atoms with Crippen molar-refractivity contribution < 1.29 is 12.9 Å². The summed E-state index contributed by atoms with van der Waals surface area (Å²) in [5, 5.41) is 0. The van der Waals surface area contributed by atoms with Gasteiger partial charge >= 0.3 is 0 Å². The molecule has 1 atom stereocenters. The highest BCUT2D eigenvalue weighted by Gasteiger charge is 2.17. The topological polar surface area (TPSA) is 49.4 Å². The molecule has 56 valence electrons. The molecule has 0 aliphatic heterocycles. The average molecular weight is 487 g/mol. The van der Waals surface area contributed by atoms with Crippen molar-refractivity contribution in [3.8, 4) is 0 Å². The Morgan fingerprint density at radius 1 is 1.56 bits per heavy atom. The lowest BCUT2D eigenvalue weighted by Gasteiger charge is -2.12. The van der Waals surface area contributed by atoms with Crippen molar-refractivity contribution in [3.05, 3.63) is 0 Å². The highest BCUT2D eigenvalue weighted by Crippen LogP contribution is 2.35. The highest BCUT2D eigenvalue weighted by atomic mass is 127. The molecule has 0 radical (unpaired) electrons. The van der Waals surface area contributed by atoms with Gasteiger partial charge in [0.1, 0.15) is -0.565 Å². The predicted molar refractivity (Wildman–Crippen MR) is 59.7 cm³/mol.